The highest BCUT2D eigenvalue weighted by Crippen LogP contribution is 2.31. The van der Waals surface area contributed by atoms with Gasteiger partial charge >= 0.3 is 6.18 Å². The summed E-state index contributed by atoms with van der Waals surface area (Å²) in [5.74, 6) is -0.156. The van der Waals surface area contributed by atoms with Gasteiger partial charge in [-0.1, -0.05) is 49.4 Å². The molecule has 1 aromatic heterocycles. The van der Waals surface area contributed by atoms with Crippen molar-refractivity contribution in [3.05, 3.63) is 87.3 Å². The number of aromatic nitrogens is 2. The van der Waals surface area contributed by atoms with E-state index in [1.165, 1.54) is 16.7 Å². The number of benzene rings is 2. The molecule has 2 heterocycles. The number of carbonyl (C=O) groups excluding carboxylic acids is 1. The van der Waals surface area contributed by atoms with Crippen molar-refractivity contribution in [1.82, 2.24) is 19.8 Å². The number of amides is 1. The minimum atomic E-state index is -4.48. The Labute approximate surface area is 207 Å². The maximum Gasteiger partial charge on any atom is 0.416 e. The first-order valence-corrected chi connectivity index (χ1v) is 12.0. The molecule has 1 amide bonds. The molecular formula is C27H29F3N4O2. The third-order valence-corrected chi connectivity index (χ3v) is 6.44. The number of alkyl halides is 3. The minimum absolute atomic E-state index is 0.0696. The van der Waals surface area contributed by atoms with Crippen LogP contribution in [0, 0.1) is 0 Å². The van der Waals surface area contributed by atoms with E-state index in [1.54, 1.807) is 0 Å². The van der Waals surface area contributed by atoms with Gasteiger partial charge in [-0.3, -0.25) is 19.1 Å². The first-order valence-electron chi connectivity index (χ1n) is 12.0. The van der Waals surface area contributed by atoms with Crippen LogP contribution in [0.2, 0.25) is 0 Å². The second kappa shape index (κ2) is 10.7. The van der Waals surface area contributed by atoms with Crippen LogP contribution >= 0.6 is 0 Å². The fourth-order valence-corrected chi connectivity index (χ4v) is 4.30. The number of carbonyl (C=O) groups is 1. The highest BCUT2D eigenvalue weighted by molar-refractivity contribution is 5.76. The smallest absolute Gasteiger partial charge is 0.352 e. The number of hydrogen-bond donors (Lipinski definition) is 1. The molecule has 0 saturated heterocycles. The Morgan fingerprint density at radius 3 is 2.44 bits per heavy atom. The van der Waals surface area contributed by atoms with Gasteiger partial charge in [0, 0.05) is 36.8 Å². The van der Waals surface area contributed by atoms with Crippen LogP contribution in [0.15, 0.2) is 59.4 Å². The Hall–Kier alpha value is -3.46. The topological polar surface area (TPSA) is 67.2 Å². The van der Waals surface area contributed by atoms with Crippen molar-refractivity contribution in [2.24, 2.45) is 0 Å². The van der Waals surface area contributed by atoms with E-state index in [0.29, 0.717) is 42.9 Å². The van der Waals surface area contributed by atoms with Gasteiger partial charge in [-0.25, -0.2) is 4.98 Å². The largest absolute Gasteiger partial charge is 0.416 e. The number of fused-ring (bicyclic) bond motifs is 1. The third kappa shape index (κ3) is 5.84. The average Bonchev–Trinajstić information content (AvgIpc) is 2.85. The highest BCUT2D eigenvalue weighted by atomic mass is 19.4. The van der Waals surface area contributed by atoms with Gasteiger partial charge in [0.1, 0.15) is 12.4 Å². The lowest BCUT2D eigenvalue weighted by Crippen LogP contribution is -2.41. The number of nitrogens with zero attached hydrogens (tertiary/aromatic N) is 3. The zero-order valence-electron chi connectivity index (χ0n) is 20.3. The van der Waals surface area contributed by atoms with E-state index in [4.69, 9.17) is 4.98 Å². The van der Waals surface area contributed by atoms with Crippen LogP contribution in [0.4, 0.5) is 13.2 Å². The lowest BCUT2D eigenvalue weighted by atomic mass is 10.0. The van der Waals surface area contributed by atoms with Gasteiger partial charge in [-0.2, -0.15) is 13.2 Å². The molecule has 0 spiro atoms. The van der Waals surface area contributed by atoms with Gasteiger partial charge < -0.3 is 5.32 Å². The van der Waals surface area contributed by atoms with E-state index in [0.717, 1.165) is 24.1 Å². The molecule has 190 valence electrons. The summed E-state index contributed by atoms with van der Waals surface area (Å²) in [6.45, 7) is 5.34. The van der Waals surface area contributed by atoms with Crippen molar-refractivity contribution in [1.29, 1.82) is 0 Å². The van der Waals surface area contributed by atoms with E-state index in [1.807, 2.05) is 44.2 Å². The minimum Gasteiger partial charge on any atom is -0.352 e. The van der Waals surface area contributed by atoms with Gasteiger partial charge in [0.05, 0.1) is 11.3 Å². The predicted octanol–water partition coefficient (Wildman–Crippen LogP) is 4.40. The van der Waals surface area contributed by atoms with Crippen molar-refractivity contribution < 1.29 is 18.0 Å². The molecule has 1 aliphatic rings. The van der Waals surface area contributed by atoms with Crippen LogP contribution in [-0.2, 0) is 37.0 Å². The average molecular weight is 499 g/mol. The van der Waals surface area contributed by atoms with Gasteiger partial charge in [0.2, 0.25) is 5.91 Å². The van der Waals surface area contributed by atoms with Crippen LogP contribution in [0.3, 0.4) is 0 Å². The summed E-state index contributed by atoms with van der Waals surface area (Å²) in [6, 6.07) is 14.4. The quantitative estimate of drug-likeness (QED) is 0.524. The van der Waals surface area contributed by atoms with Crippen LogP contribution in [0.25, 0.3) is 11.4 Å². The van der Waals surface area contributed by atoms with Crippen molar-refractivity contribution in [3.63, 3.8) is 0 Å². The van der Waals surface area contributed by atoms with Gasteiger partial charge in [-0.05, 0) is 37.5 Å². The third-order valence-electron chi connectivity index (χ3n) is 6.44. The SMILES string of the molecule is CC[C@@H](C)NC(=O)Cn1c(-c2ccc(C(F)(F)F)cc2)nc2c(c1=O)CCN(Cc1ccccc1)C2. The molecule has 0 fully saturated rings. The second-order valence-electron chi connectivity index (χ2n) is 9.15. The summed E-state index contributed by atoms with van der Waals surface area (Å²) < 4.78 is 40.6. The molecule has 6 nitrogen and oxygen atoms in total. The summed E-state index contributed by atoms with van der Waals surface area (Å²) >= 11 is 0. The lowest BCUT2D eigenvalue weighted by molar-refractivity contribution is -0.137. The maximum atomic E-state index is 13.5. The fourth-order valence-electron chi connectivity index (χ4n) is 4.30. The molecule has 1 N–H and O–H groups in total. The van der Waals surface area contributed by atoms with Crippen molar-refractivity contribution >= 4 is 5.91 Å². The van der Waals surface area contributed by atoms with Crippen molar-refractivity contribution in [2.75, 3.05) is 6.54 Å². The summed E-state index contributed by atoms with van der Waals surface area (Å²) in [5, 5.41) is 2.84. The highest BCUT2D eigenvalue weighted by Gasteiger charge is 2.30. The molecular weight excluding hydrogens is 469 g/mol. The Bertz CT molecular complexity index is 1270. The first-order chi connectivity index (χ1) is 17.2. The molecule has 4 rings (SSSR count). The molecule has 0 radical (unpaired) electrons. The number of hydrogen-bond acceptors (Lipinski definition) is 4. The first kappa shape index (κ1) is 25.6. The zero-order chi connectivity index (χ0) is 25.9. The summed E-state index contributed by atoms with van der Waals surface area (Å²) in [7, 11) is 0. The van der Waals surface area contributed by atoms with E-state index in [-0.39, 0.29) is 29.9 Å². The zero-order valence-corrected chi connectivity index (χ0v) is 20.3. The molecule has 1 atom stereocenters. The van der Waals surface area contributed by atoms with Gasteiger partial charge in [0.15, 0.2) is 0 Å². The van der Waals surface area contributed by atoms with Crippen LogP contribution in [-0.4, -0.2) is 32.9 Å². The Kier molecular flexibility index (Phi) is 7.59. The lowest BCUT2D eigenvalue weighted by Gasteiger charge is -2.29. The Morgan fingerprint density at radius 1 is 1.11 bits per heavy atom. The number of nitrogens with one attached hydrogen (secondary N) is 1. The van der Waals surface area contributed by atoms with Crippen LogP contribution in [0.5, 0.6) is 0 Å². The summed E-state index contributed by atoms with van der Waals surface area (Å²) in [6.07, 6.45) is -3.27. The molecule has 9 heteroatoms. The molecule has 0 bridgehead atoms. The molecule has 1 aliphatic heterocycles. The van der Waals surface area contributed by atoms with Gasteiger partial charge in [-0.15, -0.1) is 0 Å². The van der Waals surface area contributed by atoms with Crippen LogP contribution in [0.1, 0.15) is 42.7 Å². The molecule has 0 aliphatic carbocycles. The maximum absolute atomic E-state index is 13.5. The normalized spacial score (nSPS) is 14.8. The fraction of sp³-hybridized carbons (Fsp3) is 0.370. The van der Waals surface area contributed by atoms with E-state index < -0.39 is 11.7 Å². The monoisotopic (exact) mass is 498 g/mol. The predicted molar refractivity (Wildman–Crippen MR) is 131 cm³/mol. The summed E-state index contributed by atoms with van der Waals surface area (Å²) in [4.78, 5) is 33.1. The standard InChI is InChI=1S/C27H29F3N4O2/c1-3-18(2)31-24(35)17-34-25(20-9-11-21(12-10-20)27(28,29)30)32-23-16-33(14-13-22(23)26(34)36)15-19-7-5-4-6-8-19/h4-12,18H,3,13-17H2,1-2H3,(H,31,35)/t18-/m1/s1. The van der Waals surface area contributed by atoms with E-state index >= 15 is 0 Å². The van der Waals surface area contributed by atoms with Crippen molar-refractivity contribution in [3.8, 4) is 11.4 Å². The molecule has 0 saturated carbocycles. The van der Waals surface area contributed by atoms with Crippen molar-refractivity contribution in [2.45, 2.75) is 58.5 Å². The molecule has 0 unspecified atom stereocenters. The van der Waals surface area contributed by atoms with Crippen LogP contribution < -0.4 is 10.9 Å². The molecule has 3 aromatic rings. The number of rotatable bonds is 7. The van der Waals surface area contributed by atoms with Gasteiger partial charge in [0.25, 0.3) is 5.56 Å². The Morgan fingerprint density at radius 2 is 1.81 bits per heavy atom. The summed E-state index contributed by atoms with van der Waals surface area (Å²) in [5.41, 5.74) is 1.51. The van der Waals surface area contributed by atoms with E-state index in [9.17, 15) is 22.8 Å². The molecule has 36 heavy (non-hydrogen) atoms. The van der Waals surface area contributed by atoms with E-state index in [2.05, 4.69) is 10.2 Å². The number of halogens is 3. The second-order valence-corrected chi connectivity index (χ2v) is 9.15. The Balaban J connectivity index is 1.71. The molecule has 2 aromatic carbocycles.